The molecule has 0 unspecified atom stereocenters. The molecule has 0 radical (unpaired) electrons. The maximum absolute atomic E-state index is 14.1. The Kier molecular flexibility index (Phi) is 5.46. The summed E-state index contributed by atoms with van der Waals surface area (Å²) in [4.78, 5) is 24.7. The van der Waals surface area contributed by atoms with Crippen LogP contribution in [0.1, 0.15) is 52.9 Å². The molecule has 1 aromatic carbocycles. The van der Waals surface area contributed by atoms with Gasteiger partial charge in [-0.3, -0.25) is 14.8 Å². The maximum atomic E-state index is 14.1. The van der Waals surface area contributed by atoms with Gasteiger partial charge in [-0.25, -0.2) is 14.3 Å². The molecule has 26 heavy (non-hydrogen) atoms. The smallest absolute Gasteiger partial charge is 0.280 e. The fraction of sp³-hybridized carbons (Fsp3) is 0.368. The topological polar surface area (TPSA) is 71.3 Å². The Morgan fingerprint density at radius 1 is 1.12 bits per heavy atom. The van der Waals surface area contributed by atoms with Gasteiger partial charge in [0.25, 0.3) is 11.5 Å². The number of aryl methyl sites for hydroxylation is 1. The monoisotopic (exact) mass is 362 g/mol. The maximum Gasteiger partial charge on any atom is 0.280 e. The van der Waals surface area contributed by atoms with Crippen LogP contribution in [0.2, 0.25) is 0 Å². The largest absolute Gasteiger partial charge is 0.307 e. The van der Waals surface area contributed by atoms with E-state index in [1.165, 1.54) is 22.2 Å². The van der Waals surface area contributed by atoms with Crippen LogP contribution in [0.3, 0.4) is 0 Å². The van der Waals surface area contributed by atoms with Crippen molar-refractivity contribution >= 4 is 5.91 Å². The zero-order chi connectivity index (χ0) is 18.7. The fourth-order valence-corrected chi connectivity index (χ4v) is 3.44. The minimum atomic E-state index is -0.895. The lowest BCUT2D eigenvalue weighted by Crippen LogP contribution is -2.35. The Labute approximate surface area is 149 Å². The van der Waals surface area contributed by atoms with Crippen molar-refractivity contribution < 1.29 is 18.8 Å². The number of hydrogen-bond donors (Lipinski definition) is 2. The fourth-order valence-electron chi connectivity index (χ4n) is 3.44. The number of pyridine rings is 1. The number of amides is 1. The van der Waals surface area contributed by atoms with Crippen LogP contribution in [0.25, 0.3) is 0 Å². The SMILES string of the molecule is O=C(NO)c1cc2c(n(Cc3ccc(F)cc3F)c1=O)CCCCCC2. The molecule has 2 N–H and O–H groups in total. The molecule has 5 nitrogen and oxygen atoms in total. The van der Waals surface area contributed by atoms with Crippen molar-refractivity contribution in [3.8, 4) is 0 Å². The highest BCUT2D eigenvalue weighted by Gasteiger charge is 2.20. The van der Waals surface area contributed by atoms with Crippen molar-refractivity contribution in [2.75, 3.05) is 0 Å². The predicted octanol–water partition coefficient (Wildman–Crippen LogP) is 2.95. The number of nitrogens with zero attached hydrogens (tertiary/aromatic N) is 1. The third-order valence-corrected chi connectivity index (χ3v) is 4.79. The van der Waals surface area contributed by atoms with Crippen LogP contribution in [-0.2, 0) is 19.4 Å². The van der Waals surface area contributed by atoms with E-state index in [1.807, 2.05) is 0 Å². The predicted molar refractivity (Wildman–Crippen MR) is 91.3 cm³/mol. The van der Waals surface area contributed by atoms with Crippen LogP contribution in [-0.4, -0.2) is 15.7 Å². The number of halogens is 2. The minimum absolute atomic E-state index is 0.0974. The second-order valence-electron chi connectivity index (χ2n) is 6.51. The molecule has 0 atom stereocenters. The molecule has 0 saturated carbocycles. The Balaban J connectivity index is 2.15. The molecule has 3 rings (SSSR count). The van der Waals surface area contributed by atoms with Gasteiger partial charge in [-0.05, 0) is 43.4 Å². The van der Waals surface area contributed by atoms with Gasteiger partial charge < -0.3 is 4.57 Å². The van der Waals surface area contributed by atoms with Gasteiger partial charge in [0.05, 0.1) is 6.54 Å². The van der Waals surface area contributed by atoms with Gasteiger partial charge in [0.2, 0.25) is 0 Å². The third-order valence-electron chi connectivity index (χ3n) is 4.79. The van der Waals surface area contributed by atoms with E-state index < -0.39 is 23.1 Å². The molecule has 1 amide bonds. The van der Waals surface area contributed by atoms with E-state index in [4.69, 9.17) is 5.21 Å². The second kappa shape index (κ2) is 7.78. The molecule has 2 aromatic rings. The van der Waals surface area contributed by atoms with E-state index in [0.29, 0.717) is 12.8 Å². The zero-order valence-corrected chi connectivity index (χ0v) is 14.2. The standard InChI is InChI=1S/C19H20F2N2O3/c20-14-8-7-13(16(21)10-14)11-23-17-6-4-2-1-3-5-12(17)9-15(19(23)25)18(24)22-26/h7-10,26H,1-6,11H2,(H,22,24). The van der Waals surface area contributed by atoms with Crippen LogP contribution in [0.4, 0.5) is 8.78 Å². The summed E-state index contributed by atoms with van der Waals surface area (Å²) in [5, 5.41) is 8.92. The van der Waals surface area contributed by atoms with E-state index in [-0.39, 0.29) is 17.7 Å². The Bertz CT molecular complexity index is 893. The molecule has 0 spiro atoms. The molecule has 1 heterocycles. The quantitative estimate of drug-likeness (QED) is 0.651. The number of hydrogen-bond acceptors (Lipinski definition) is 3. The van der Waals surface area contributed by atoms with Gasteiger partial charge in [-0.1, -0.05) is 18.9 Å². The van der Waals surface area contributed by atoms with Crippen molar-refractivity contribution in [3.63, 3.8) is 0 Å². The second-order valence-corrected chi connectivity index (χ2v) is 6.51. The molecule has 1 aliphatic carbocycles. The first-order valence-electron chi connectivity index (χ1n) is 8.65. The molecule has 1 aromatic heterocycles. The molecule has 0 bridgehead atoms. The van der Waals surface area contributed by atoms with E-state index in [1.54, 1.807) is 0 Å². The lowest BCUT2D eigenvalue weighted by molar-refractivity contribution is 0.0703. The number of carbonyl (C=O) groups excluding carboxylic acids is 1. The molecule has 7 heteroatoms. The first-order valence-corrected chi connectivity index (χ1v) is 8.65. The molecular weight excluding hydrogens is 342 g/mol. The van der Waals surface area contributed by atoms with Gasteiger partial charge >= 0.3 is 0 Å². The lowest BCUT2D eigenvalue weighted by Gasteiger charge is -2.21. The number of benzene rings is 1. The van der Waals surface area contributed by atoms with Gasteiger partial charge in [0.15, 0.2) is 0 Å². The summed E-state index contributed by atoms with van der Waals surface area (Å²) in [5.41, 5.74) is 2.50. The summed E-state index contributed by atoms with van der Waals surface area (Å²) in [6.45, 7) is -0.0974. The van der Waals surface area contributed by atoms with Gasteiger partial charge in [-0.2, -0.15) is 0 Å². The van der Waals surface area contributed by atoms with Crippen LogP contribution in [0.15, 0.2) is 29.1 Å². The Morgan fingerprint density at radius 2 is 1.85 bits per heavy atom. The van der Waals surface area contributed by atoms with Crippen molar-refractivity contribution in [3.05, 3.63) is 68.6 Å². The van der Waals surface area contributed by atoms with Crippen molar-refractivity contribution in [2.45, 2.75) is 45.1 Å². The highest BCUT2D eigenvalue weighted by molar-refractivity contribution is 5.93. The number of nitrogens with one attached hydrogen (secondary N) is 1. The number of aromatic nitrogens is 1. The van der Waals surface area contributed by atoms with E-state index in [9.17, 15) is 18.4 Å². The van der Waals surface area contributed by atoms with E-state index in [0.717, 1.165) is 49.1 Å². The lowest BCUT2D eigenvalue weighted by atomic mass is 9.95. The highest BCUT2D eigenvalue weighted by atomic mass is 19.1. The Hall–Kier alpha value is -2.54. The summed E-state index contributed by atoms with van der Waals surface area (Å²) < 4.78 is 28.6. The Morgan fingerprint density at radius 3 is 2.54 bits per heavy atom. The number of carbonyl (C=O) groups is 1. The van der Waals surface area contributed by atoms with Crippen molar-refractivity contribution in [1.29, 1.82) is 0 Å². The minimum Gasteiger partial charge on any atom is -0.307 e. The summed E-state index contributed by atoms with van der Waals surface area (Å²) in [5.74, 6) is -2.33. The van der Waals surface area contributed by atoms with Crippen LogP contribution >= 0.6 is 0 Å². The normalized spacial score (nSPS) is 14.3. The first-order chi connectivity index (χ1) is 12.5. The van der Waals surface area contributed by atoms with Crippen molar-refractivity contribution in [1.82, 2.24) is 10.0 Å². The van der Waals surface area contributed by atoms with Crippen LogP contribution in [0.5, 0.6) is 0 Å². The van der Waals surface area contributed by atoms with E-state index in [2.05, 4.69) is 0 Å². The molecule has 0 saturated heterocycles. The van der Waals surface area contributed by atoms with Crippen LogP contribution in [0, 0.1) is 11.6 Å². The summed E-state index contributed by atoms with van der Waals surface area (Å²) in [7, 11) is 0. The first kappa shape index (κ1) is 18.3. The number of rotatable bonds is 3. The number of hydroxylamine groups is 1. The van der Waals surface area contributed by atoms with Gasteiger partial charge in [-0.15, -0.1) is 0 Å². The molecule has 138 valence electrons. The molecule has 1 aliphatic rings. The van der Waals surface area contributed by atoms with Crippen LogP contribution < -0.4 is 11.0 Å². The third kappa shape index (κ3) is 3.67. The summed E-state index contributed by atoms with van der Waals surface area (Å²) >= 11 is 0. The van der Waals surface area contributed by atoms with E-state index >= 15 is 0 Å². The van der Waals surface area contributed by atoms with Gasteiger partial charge in [0, 0.05) is 17.3 Å². The summed E-state index contributed by atoms with van der Waals surface area (Å²) in [6, 6.07) is 4.73. The highest BCUT2D eigenvalue weighted by Crippen LogP contribution is 2.21. The number of fused-ring (bicyclic) bond motifs is 1. The molecule has 0 fully saturated rings. The molecular formula is C19H20F2N2O3. The summed E-state index contributed by atoms with van der Waals surface area (Å²) in [6.07, 6.45) is 5.27. The average Bonchev–Trinajstić information content (AvgIpc) is 2.59. The van der Waals surface area contributed by atoms with Gasteiger partial charge in [0.1, 0.15) is 17.2 Å². The van der Waals surface area contributed by atoms with Crippen molar-refractivity contribution in [2.24, 2.45) is 0 Å². The molecule has 0 aliphatic heterocycles. The average molecular weight is 362 g/mol. The zero-order valence-electron chi connectivity index (χ0n) is 14.2.